The van der Waals surface area contributed by atoms with E-state index >= 15 is 0 Å². The van der Waals surface area contributed by atoms with Gasteiger partial charge in [0.25, 0.3) is 5.91 Å². The van der Waals surface area contributed by atoms with Crippen molar-refractivity contribution in [3.63, 3.8) is 0 Å². The number of fused-ring (bicyclic) bond motifs is 1. The molecule has 128 valence electrons. The molecule has 0 aromatic heterocycles. The summed E-state index contributed by atoms with van der Waals surface area (Å²) in [5, 5.41) is 2.64. The molecule has 3 rings (SSSR count). The van der Waals surface area contributed by atoms with E-state index in [1.165, 1.54) is 7.11 Å². The second kappa shape index (κ2) is 7.53. The van der Waals surface area contributed by atoms with Gasteiger partial charge in [0.2, 0.25) is 0 Å². The molecule has 1 aliphatic heterocycles. The van der Waals surface area contributed by atoms with Gasteiger partial charge >= 0.3 is 5.97 Å². The average molecular weight is 339 g/mol. The Kier molecular flexibility index (Phi) is 4.99. The van der Waals surface area contributed by atoms with E-state index in [0.717, 1.165) is 5.56 Å². The minimum atomic E-state index is -0.579. The van der Waals surface area contributed by atoms with Gasteiger partial charge in [-0.15, -0.1) is 0 Å². The van der Waals surface area contributed by atoms with Crippen LogP contribution in [-0.2, 0) is 14.3 Å². The monoisotopic (exact) mass is 339 g/mol. The molecule has 0 spiro atoms. The lowest BCUT2D eigenvalue weighted by atomic mass is 10.1. The van der Waals surface area contributed by atoms with Gasteiger partial charge in [-0.1, -0.05) is 30.3 Å². The molecule has 1 aliphatic rings. The van der Waals surface area contributed by atoms with Gasteiger partial charge in [-0.3, -0.25) is 4.79 Å². The Hall–Kier alpha value is -3.28. The van der Waals surface area contributed by atoms with Crippen LogP contribution >= 0.6 is 0 Å². The molecule has 2 aromatic rings. The lowest BCUT2D eigenvalue weighted by Crippen LogP contribution is -2.24. The Bertz CT molecular complexity index is 828. The summed E-state index contributed by atoms with van der Waals surface area (Å²) >= 11 is 0. The van der Waals surface area contributed by atoms with E-state index in [1.54, 1.807) is 30.3 Å². The summed E-state index contributed by atoms with van der Waals surface area (Å²) in [6.45, 7) is -0.278. The first-order chi connectivity index (χ1) is 12.2. The van der Waals surface area contributed by atoms with Crippen molar-refractivity contribution in [2.45, 2.75) is 0 Å². The van der Waals surface area contributed by atoms with Crippen LogP contribution in [0.2, 0.25) is 0 Å². The third kappa shape index (κ3) is 3.98. The number of anilines is 1. The molecule has 0 fully saturated rings. The van der Waals surface area contributed by atoms with Gasteiger partial charge in [0.1, 0.15) is 18.1 Å². The van der Waals surface area contributed by atoms with Crippen molar-refractivity contribution < 1.29 is 23.8 Å². The highest BCUT2D eigenvalue weighted by molar-refractivity contribution is 5.98. The molecular weight excluding hydrogens is 322 g/mol. The summed E-state index contributed by atoms with van der Waals surface area (Å²) < 4.78 is 15.7. The first-order valence-electron chi connectivity index (χ1n) is 7.70. The van der Waals surface area contributed by atoms with E-state index in [2.05, 4.69) is 5.32 Å². The zero-order chi connectivity index (χ0) is 17.6. The van der Waals surface area contributed by atoms with Crippen LogP contribution in [0, 0.1) is 0 Å². The Labute approximate surface area is 145 Å². The first-order valence-corrected chi connectivity index (χ1v) is 7.70. The normalized spacial score (nSPS) is 12.3. The van der Waals surface area contributed by atoms with E-state index in [-0.39, 0.29) is 6.61 Å². The zero-order valence-corrected chi connectivity index (χ0v) is 13.7. The predicted octanol–water partition coefficient (Wildman–Crippen LogP) is 2.65. The fourth-order valence-electron chi connectivity index (χ4n) is 2.39. The predicted molar refractivity (Wildman–Crippen MR) is 92.5 cm³/mol. The topological polar surface area (TPSA) is 73.9 Å². The van der Waals surface area contributed by atoms with Gasteiger partial charge in [0.05, 0.1) is 18.4 Å². The summed E-state index contributed by atoms with van der Waals surface area (Å²) in [6, 6.07) is 14.4. The molecular formula is C19H17NO5. The molecule has 0 atom stereocenters. The van der Waals surface area contributed by atoms with Crippen LogP contribution in [0.1, 0.15) is 5.56 Å². The van der Waals surface area contributed by atoms with Gasteiger partial charge < -0.3 is 19.5 Å². The van der Waals surface area contributed by atoms with Crippen molar-refractivity contribution in [2.75, 3.05) is 25.6 Å². The maximum absolute atomic E-state index is 12.1. The molecule has 1 amide bonds. The largest absolute Gasteiger partial charge is 0.495 e. The molecule has 6 nitrogen and oxygen atoms in total. The summed E-state index contributed by atoms with van der Waals surface area (Å²) in [5.41, 5.74) is 1.68. The summed E-state index contributed by atoms with van der Waals surface area (Å²) in [5.74, 6) is 0.218. The van der Waals surface area contributed by atoms with Gasteiger partial charge in [0.15, 0.2) is 6.61 Å². The SMILES string of the molecule is COc1ccccc1NC(=O)COC(=O)C1=Cc2ccccc2OC1. The van der Waals surface area contributed by atoms with Crippen molar-refractivity contribution in [2.24, 2.45) is 0 Å². The van der Waals surface area contributed by atoms with E-state index < -0.39 is 18.5 Å². The van der Waals surface area contributed by atoms with Crippen LogP contribution < -0.4 is 14.8 Å². The molecule has 1 N–H and O–H groups in total. The number of hydrogen-bond acceptors (Lipinski definition) is 5. The molecule has 0 bridgehead atoms. The van der Waals surface area contributed by atoms with E-state index in [9.17, 15) is 9.59 Å². The highest BCUT2D eigenvalue weighted by atomic mass is 16.5. The standard InChI is InChI=1S/C19H17NO5/c1-23-17-9-5-3-7-15(17)20-18(21)12-25-19(22)14-10-13-6-2-4-8-16(13)24-11-14/h2-10H,11-12H2,1H3,(H,20,21). The van der Waals surface area contributed by atoms with Crippen LogP contribution in [0.5, 0.6) is 11.5 Å². The van der Waals surface area contributed by atoms with Crippen molar-refractivity contribution in [3.05, 3.63) is 59.7 Å². The van der Waals surface area contributed by atoms with Crippen molar-refractivity contribution in [1.29, 1.82) is 0 Å². The number of hydrogen-bond donors (Lipinski definition) is 1. The second-order valence-corrected chi connectivity index (χ2v) is 5.32. The fourth-order valence-corrected chi connectivity index (χ4v) is 2.39. The number of ether oxygens (including phenoxy) is 3. The molecule has 2 aromatic carbocycles. The van der Waals surface area contributed by atoms with Crippen molar-refractivity contribution in [1.82, 2.24) is 0 Å². The first kappa shape index (κ1) is 16.6. The number of methoxy groups -OCH3 is 1. The molecule has 25 heavy (non-hydrogen) atoms. The fraction of sp³-hybridized carbons (Fsp3) is 0.158. The van der Waals surface area contributed by atoms with Crippen LogP contribution in [0.25, 0.3) is 6.08 Å². The number of benzene rings is 2. The molecule has 0 saturated carbocycles. The maximum atomic E-state index is 12.1. The summed E-state index contributed by atoms with van der Waals surface area (Å²) in [6.07, 6.45) is 1.71. The zero-order valence-electron chi connectivity index (χ0n) is 13.7. The van der Waals surface area contributed by atoms with Gasteiger partial charge in [-0.05, 0) is 24.3 Å². The van der Waals surface area contributed by atoms with Crippen molar-refractivity contribution >= 4 is 23.6 Å². The van der Waals surface area contributed by atoms with Crippen LogP contribution in [0.3, 0.4) is 0 Å². The Morgan fingerprint density at radius 3 is 2.72 bits per heavy atom. The van der Waals surface area contributed by atoms with Crippen molar-refractivity contribution in [3.8, 4) is 11.5 Å². The van der Waals surface area contributed by atoms with Crippen LogP contribution in [-0.4, -0.2) is 32.2 Å². The second-order valence-electron chi connectivity index (χ2n) is 5.32. The number of rotatable bonds is 5. The third-order valence-electron chi connectivity index (χ3n) is 3.61. The maximum Gasteiger partial charge on any atom is 0.338 e. The highest BCUT2D eigenvalue weighted by Crippen LogP contribution is 2.26. The lowest BCUT2D eigenvalue weighted by molar-refractivity contribution is -0.143. The minimum Gasteiger partial charge on any atom is -0.495 e. The Morgan fingerprint density at radius 2 is 1.88 bits per heavy atom. The summed E-state index contributed by atoms with van der Waals surface area (Å²) in [7, 11) is 1.51. The summed E-state index contributed by atoms with van der Waals surface area (Å²) in [4.78, 5) is 24.1. The Morgan fingerprint density at radius 1 is 1.12 bits per heavy atom. The molecule has 0 saturated heterocycles. The molecule has 6 heteroatoms. The highest BCUT2D eigenvalue weighted by Gasteiger charge is 2.19. The minimum absolute atomic E-state index is 0.115. The third-order valence-corrected chi connectivity index (χ3v) is 3.61. The number of para-hydroxylation sites is 3. The van der Waals surface area contributed by atoms with Gasteiger partial charge in [-0.25, -0.2) is 4.79 Å². The number of carbonyl (C=O) groups is 2. The Balaban J connectivity index is 1.58. The number of nitrogens with one attached hydrogen (secondary N) is 1. The molecule has 0 aliphatic carbocycles. The molecule has 1 heterocycles. The van der Waals surface area contributed by atoms with E-state index in [1.807, 2.05) is 24.3 Å². The number of amides is 1. The number of carbonyl (C=O) groups excluding carboxylic acids is 2. The molecule has 0 radical (unpaired) electrons. The van der Waals surface area contributed by atoms with Gasteiger partial charge in [0, 0.05) is 5.56 Å². The quantitative estimate of drug-likeness (QED) is 0.848. The van der Waals surface area contributed by atoms with Gasteiger partial charge in [-0.2, -0.15) is 0 Å². The number of esters is 1. The van der Waals surface area contributed by atoms with E-state index in [4.69, 9.17) is 14.2 Å². The lowest BCUT2D eigenvalue weighted by Gasteiger charge is -2.17. The van der Waals surface area contributed by atoms with Crippen LogP contribution in [0.15, 0.2) is 54.1 Å². The average Bonchev–Trinajstić information content (AvgIpc) is 2.66. The van der Waals surface area contributed by atoms with E-state index in [0.29, 0.717) is 22.8 Å². The molecule has 0 unspecified atom stereocenters. The van der Waals surface area contributed by atoms with Crippen LogP contribution in [0.4, 0.5) is 5.69 Å². The smallest absolute Gasteiger partial charge is 0.338 e.